The molecule has 300 valence electrons. The van der Waals surface area contributed by atoms with Gasteiger partial charge in [-0.3, -0.25) is 0 Å². The molecule has 0 bridgehead atoms. The second-order valence-corrected chi connectivity index (χ2v) is 22.1. The number of rotatable bonds is 5. The van der Waals surface area contributed by atoms with E-state index in [0.29, 0.717) is 0 Å². The van der Waals surface area contributed by atoms with E-state index < -0.39 is 8.07 Å². The van der Waals surface area contributed by atoms with Gasteiger partial charge in [0.15, 0.2) is 8.07 Å². The standard InChI is InChI=1S/C61H41NSSi/c1-40-32-35-58-55(36-40)52-28-14-16-30-57(52)62(58)59-39-44(38-56-53-29-15-17-31-60(53)63-61(56)59)64(41-18-4-2-5-19-41,42-20-6-3-7-21-42)43-33-34-51-49-26-11-10-24-47(49)45-22-8-9-23-46(45)48-25-12-13-27-50(48)54(51)37-43/h2-39H,1H3. The van der Waals surface area contributed by atoms with Crippen LogP contribution >= 0.6 is 11.3 Å². The lowest BCUT2D eigenvalue weighted by molar-refractivity contribution is 1.20. The van der Waals surface area contributed by atoms with Crippen LogP contribution in [-0.2, 0) is 0 Å². The smallest absolute Gasteiger partial charge is 0.179 e. The van der Waals surface area contributed by atoms with Gasteiger partial charge >= 0.3 is 0 Å². The summed E-state index contributed by atoms with van der Waals surface area (Å²) < 4.78 is 5.17. The first-order valence-electron chi connectivity index (χ1n) is 22.2. The molecule has 0 fully saturated rings. The summed E-state index contributed by atoms with van der Waals surface area (Å²) in [6.45, 7) is 2.20. The number of fused-ring (bicyclic) bond motifs is 14. The third-order valence-electron chi connectivity index (χ3n) is 13.8. The van der Waals surface area contributed by atoms with Crippen LogP contribution in [0.2, 0.25) is 0 Å². The van der Waals surface area contributed by atoms with Gasteiger partial charge in [0.05, 0.1) is 21.4 Å². The third kappa shape index (κ3) is 5.41. The van der Waals surface area contributed by atoms with Crippen LogP contribution in [0.3, 0.4) is 0 Å². The van der Waals surface area contributed by atoms with Crippen molar-refractivity contribution >= 4 is 82.1 Å². The van der Waals surface area contributed by atoms with Crippen molar-refractivity contribution in [3.63, 3.8) is 0 Å². The number of hydrogen-bond acceptors (Lipinski definition) is 1. The van der Waals surface area contributed by atoms with Gasteiger partial charge in [0, 0.05) is 26.2 Å². The minimum absolute atomic E-state index is 1.22. The van der Waals surface area contributed by atoms with Crippen LogP contribution in [0.15, 0.2) is 231 Å². The summed E-state index contributed by atoms with van der Waals surface area (Å²) in [5.41, 5.74) is 15.0. The van der Waals surface area contributed by atoms with Crippen LogP contribution in [0.5, 0.6) is 0 Å². The van der Waals surface area contributed by atoms with Crippen molar-refractivity contribution < 1.29 is 0 Å². The van der Waals surface area contributed by atoms with Gasteiger partial charge in [-0.05, 0) is 103 Å². The normalized spacial score (nSPS) is 12.1. The van der Waals surface area contributed by atoms with Crippen molar-refractivity contribution in [1.82, 2.24) is 4.57 Å². The Morgan fingerprint density at radius 3 is 1.45 bits per heavy atom. The van der Waals surface area contributed by atoms with E-state index in [-0.39, 0.29) is 0 Å². The highest BCUT2D eigenvalue weighted by molar-refractivity contribution is 7.26. The number of aryl methyl sites for hydroxylation is 1. The van der Waals surface area contributed by atoms with Crippen molar-refractivity contribution in [1.29, 1.82) is 0 Å². The summed E-state index contributed by atoms with van der Waals surface area (Å²) in [7, 11) is -3.15. The topological polar surface area (TPSA) is 4.93 Å². The number of nitrogens with zero attached hydrogens (tertiary/aromatic N) is 1. The summed E-state index contributed by atoms with van der Waals surface area (Å²) >= 11 is 1.91. The minimum Gasteiger partial charge on any atom is -0.308 e. The highest BCUT2D eigenvalue weighted by Gasteiger charge is 2.43. The summed E-state index contributed by atoms with van der Waals surface area (Å²) in [5, 5.41) is 10.6. The minimum atomic E-state index is -3.15. The number of para-hydroxylation sites is 1. The summed E-state index contributed by atoms with van der Waals surface area (Å²) in [5.74, 6) is 0. The fraction of sp³-hybridized carbons (Fsp3) is 0.0164. The first-order valence-corrected chi connectivity index (χ1v) is 25.0. The lowest BCUT2D eigenvalue weighted by Crippen LogP contribution is -2.74. The highest BCUT2D eigenvalue weighted by atomic mass is 32.1. The molecule has 1 aliphatic carbocycles. The second-order valence-electron chi connectivity index (χ2n) is 17.2. The van der Waals surface area contributed by atoms with Crippen LogP contribution in [0.1, 0.15) is 5.56 Å². The maximum absolute atomic E-state index is 3.15. The zero-order valence-corrected chi connectivity index (χ0v) is 37.1. The van der Waals surface area contributed by atoms with Gasteiger partial charge in [-0.1, -0.05) is 206 Å². The largest absolute Gasteiger partial charge is 0.308 e. The molecule has 0 spiro atoms. The Balaban J connectivity index is 1.20. The van der Waals surface area contributed by atoms with E-state index >= 15 is 0 Å². The molecule has 10 aromatic carbocycles. The maximum Gasteiger partial charge on any atom is 0.179 e. The molecule has 13 rings (SSSR count). The monoisotopic (exact) mass is 847 g/mol. The number of thiophene rings is 1. The first kappa shape index (κ1) is 37.0. The summed E-state index contributed by atoms with van der Waals surface area (Å²) in [4.78, 5) is 0. The van der Waals surface area contributed by atoms with Crippen LogP contribution in [0, 0.1) is 6.92 Å². The predicted octanol–water partition coefficient (Wildman–Crippen LogP) is 13.8. The molecule has 0 atom stereocenters. The van der Waals surface area contributed by atoms with E-state index in [1.807, 2.05) is 11.3 Å². The molecular weight excluding hydrogens is 807 g/mol. The zero-order chi connectivity index (χ0) is 42.4. The lowest BCUT2D eigenvalue weighted by atomic mass is 9.81. The summed E-state index contributed by atoms with van der Waals surface area (Å²) in [6.07, 6.45) is 0. The summed E-state index contributed by atoms with van der Waals surface area (Å²) in [6, 6.07) is 87.4. The number of hydrogen-bond donors (Lipinski definition) is 0. The van der Waals surface area contributed by atoms with Crippen molar-refractivity contribution in [2.45, 2.75) is 6.92 Å². The molecule has 0 amide bonds. The van der Waals surface area contributed by atoms with Gasteiger partial charge in [-0.25, -0.2) is 0 Å². The first-order chi connectivity index (χ1) is 31.7. The van der Waals surface area contributed by atoms with Gasteiger partial charge in [0.25, 0.3) is 0 Å². The molecular formula is C61H41NSSi. The van der Waals surface area contributed by atoms with Crippen molar-refractivity contribution in [2.24, 2.45) is 0 Å². The Morgan fingerprint density at radius 2 is 0.828 bits per heavy atom. The molecule has 3 heteroatoms. The van der Waals surface area contributed by atoms with E-state index in [9.17, 15) is 0 Å². The maximum atomic E-state index is 2.59. The van der Waals surface area contributed by atoms with Crippen LogP contribution in [-0.4, -0.2) is 12.6 Å². The van der Waals surface area contributed by atoms with Crippen LogP contribution < -0.4 is 20.7 Å². The van der Waals surface area contributed by atoms with Gasteiger partial charge in [0.2, 0.25) is 0 Å². The highest BCUT2D eigenvalue weighted by Crippen LogP contribution is 2.48. The van der Waals surface area contributed by atoms with E-state index in [1.54, 1.807) is 0 Å². The van der Waals surface area contributed by atoms with Crippen molar-refractivity contribution in [2.75, 3.05) is 0 Å². The second kappa shape index (κ2) is 14.5. The molecule has 0 saturated heterocycles. The van der Waals surface area contributed by atoms with Crippen LogP contribution in [0.25, 0.3) is 92.2 Å². The average Bonchev–Trinajstić information content (AvgIpc) is 3.90. The molecule has 0 aliphatic heterocycles. The fourth-order valence-corrected chi connectivity index (χ4v) is 17.0. The molecule has 2 aromatic heterocycles. The van der Waals surface area contributed by atoms with E-state index in [0.717, 1.165) is 0 Å². The van der Waals surface area contributed by atoms with Gasteiger partial charge in [0.1, 0.15) is 0 Å². The fourth-order valence-electron chi connectivity index (χ4n) is 11.0. The zero-order valence-electron chi connectivity index (χ0n) is 35.3. The quantitative estimate of drug-likeness (QED) is 0.120. The molecule has 0 N–H and O–H groups in total. The lowest BCUT2D eigenvalue weighted by Gasteiger charge is -2.36. The van der Waals surface area contributed by atoms with Crippen molar-refractivity contribution in [3.05, 3.63) is 236 Å². The van der Waals surface area contributed by atoms with Gasteiger partial charge < -0.3 is 4.57 Å². The number of benzene rings is 10. The van der Waals surface area contributed by atoms with Crippen molar-refractivity contribution in [3.8, 4) is 50.2 Å². The van der Waals surface area contributed by atoms with E-state index in [4.69, 9.17) is 0 Å². The Hall–Kier alpha value is -7.56. The Morgan fingerprint density at radius 1 is 0.328 bits per heavy atom. The van der Waals surface area contributed by atoms with E-state index in [1.165, 1.54) is 118 Å². The molecule has 1 aliphatic rings. The molecule has 0 unspecified atom stereocenters. The third-order valence-corrected chi connectivity index (χ3v) is 19.7. The predicted molar refractivity (Wildman–Crippen MR) is 277 cm³/mol. The molecule has 2 heterocycles. The molecule has 1 nitrogen and oxygen atoms in total. The molecule has 0 saturated carbocycles. The van der Waals surface area contributed by atoms with Gasteiger partial charge in [-0.15, -0.1) is 11.3 Å². The SMILES string of the molecule is Cc1ccc2c(c1)c1ccccc1n2-c1cc([Si](c2ccccc2)(c2ccccc2)c2ccc3c(c2)-c2ccccc2-c2ccccc2-c2ccccc2-3)cc2c1sc1ccccc12. The van der Waals surface area contributed by atoms with Crippen LogP contribution in [0.4, 0.5) is 0 Å². The number of aromatic nitrogens is 1. The van der Waals surface area contributed by atoms with Gasteiger partial charge in [-0.2, -0.15) is 0 Å². The Bertz CT molecular complexity index is 3760. The molecule has 64 heavy (non-hydrogen) atoms. The molecule has 0 radical (unpaired) electrons. The average molecular weight is 848 g/mol. The Kier molecular flexibility index (Phi) is 8.39. The molecule has 12 aromatic rings. The van der Waals surface area contributed by atoms with E-state index in [2.05, 4.69) is 242 Å². The Labute approximate surface area is 377 Å².